The van der Waals surface area contributed by atoms with E-state index in [0.29, 0.717) is 26.4 Å². The van der Waals surface area contributed by atoms with Crippen molar-refractivity contribution < 1.29 is 19.0 Å². The summed E-state index contributed by atoms with van der Waals surface area (Å²) in [6.07, 6.45) is 2.88. The van der Waals surface area contributed by atoms with E-state index in [4.69, 9.17) is 14.2 Å². The van der Waals surface area contributed by atoms with Crippen LogP contribution in [0.4, 0.5) is 5.69 Å². The van der Waals surface area contributed by atoms with Crippen molar-refractivity contribution in [2.45, 2.75) is 38.5 Å². The molecule has 2 aromatic rings. The van der Waals surface area contributed by atoms with Crippen LogP contribution in [0.15, 0.2) is 48.5 Å². The van der Waals surface area contributed by atoms with E-state index in [-0.39, 0.29) is 5.91 Å². The molecule has 0 N–H and O–H groups in total. The first kappa shape index (κ1) is 18.0. The van der Waals surface area contributed by atoms with Crippen LogP contribution in [0.5, 0.6) is 5.75 Å². The number of ether oxygens (including phenoxy) is 3. The van der Waals surface area contributed by atoms with E-state index >= 15 is 0 Å². The molecule has 0 atom stereocenters. The second-order valence-electron chi connectivity index (χ2n) is 6.89. The maximum Gasteiger partial charge on any atom is 0.292 e. The molecule has 0 unspecified atom stereocenters. The Kier molecular flexibility index (Phi) is 5.14. The molecule has 5 heteroatoms. The highest BCUT2D eigenvalue weighted by Gasteiger charge is 2.54. The predicted molar refractivity (Wildman–Crippen MR) is 103 cm³/mol. The molecule has 1 spiro atoms. The molecule has 1 fully saturated rings. The molecule has 0 radical (unpaired) electrons. The largest absolute Gasteiger partial charge is 0.493 e. The fourth-order valence-corrected chi connectivity index (χ4v) is 3.63. The van der Waals surface area contributed by atoms with Crippen LogP contribution in [0.1, 0.15) is 37.3 Å². The molecular formula is C22H25NO4. The Bertz CT molecular complexity index is 813. The van der Waals surface area contributed by atoms with Crippen LogP contribution in [0.2, 0.25) is 0 Å². The summed E-state index contributed by atoms with van der Waals surface area (Å²) in [5, 5.41) is 0. The molecule has 2 aliphatic rings. The zero-order valence-electron chi connectivity index (χ0n) is 15.6. The van der Waals surface area contributed by atoms with E-state index in [2.05, 4.69) is 6.92 Å². The van der Waals surface area contributed by atoms with Gasteiger partial charge in [0.2, 0.25) is 0 Å². The number of amides is 1. The quantitative estimate of drug-likeness (QED) is 0.724. The number of anilines is 1. The molecule has 2 aliphatic heterocycles. The zero-order chi connectivity index (χ0) is 18.7. The lowest BCUT2D eigenvalue weighted by Crippen LogP contribution is -2.47. The highest BCUT2D eigenvalue weighted by Crippen LogP contribution is 2.45. The van der Waals surface area contributed by atoms with E-state index in [1.807, 2.05) is 48.5 Å². The molecule has 0 aliphatic carbocycles. The van der Waals surface area contributed by atoms with E-state index in [1.165, 1.54) is 0 Å². The first-order valence-electron chi connectivity index (χ1n) is 9.66. The SMILES string of the molecule is CCCCOc1ccccc1CN1C(=O)C2(OCCCO2)c2ccccc21. The van der Waals surface area contributed by atoms with Gasteiger partial charge >= 0.3 is 0 Å². The number of hydrogen-bond donors (Lipinski definition) is 0. The van der Waals surface area contributed by atoms with Gasteiger partial charge in [-0.25, -0.2) is 0 Å². The normalized spacial score (nSPS) is 18.0. The Morgan fingerprint density at radius 3 is 2.63 bits per heavy atom. The molecule has 4 rings (SSSR count). The molecular weight excluding hydrogens is 342 g/mol. The molecule has 2 aromatic carbocycles. The maximum absolute atomic E-state index is 13.4. The Balaban J connectivity index is 1.64. The van der Waals surface area contributed by atoms with Gasteiger partial charge in [0, 0.05) is 11.1 Å². The second kappa shape index (κ2) is 7.71. The third kappa shape index (κ3) is 3.22. The van der Waals surface area contributed by atoms with Gasteiger partial charge in [0.25, 0.3) is 11.7 Å². The number of fused-ring (bicyclic) bond motifs is 2. The van der Waals surface area contributed by atoms with Gasteiger partial charge < -0.3 is 19.1 Å². The number of unbranched alkanes of at least 4 members (excludes halogenated alkanes) is 1. The van der Waals surface area contributed by atoms with Crippen molar-refractivity contribution in [2.75, 3.05) is 24.7 Å². The van der Waals surface area contributed by atoms with Crippen molar-refractivity contribution in [1.82, 2.24) is 0 Å². The lowest BCUT2D eigenvalue weighted by Gasteiger charge is -2.32. The van der Waals surface area contributed by atoms with Crippen LogP contribution in [-0.4, -0.2) is 25.7 Å². The highest BCUT2D eigenvalue weighted by molar-refractivity contribution is 6.06. The first-order chi connectivity index (χ1) is 13.3. The number of carbonyl (C=O) groups excluding carboxylic acids is 1. The minimum Gasteiger partial charge on any atom is -0.493 e. The average molecular weight is 367 g/mol. The van der Waals surface area contributed by atoms with E-state index in [9.17, 15) is 4.79 Å². The smallest absolute Gasteiger partial charge is 0.292 e. The van der Waals surface area contributed by atoms with Gasteiger partial charge in [0.05, 0.1) is 32.1 Å². The molecule has 0 saturated carbocycles. The first-order valence-corrected chi connectivity index (χ1v) is 9.66. The van der Waals surface area contributed by atoms with Gasteiger partial charge in [-0.3, -0.25) is 4.79 Å². The second-order valence-corrected chi connectivity index (χ2v) is 6.89. The fourth-order valence-electron chi connectivity index (χ4n) is 3.63. The van der Waals surface area contributed by atoms with Gasteiger partial charge in [0.1, 0.15) is 5.75 Å². The molecule has 0 aromatic heterocycles. The summed E-state index contributed by atoms with van der Waals surface area (Å²) < 4.78 is 17.7. The lowest BCUT2D eigenvalue weighted by atomic mass is 10.1. The topological polar surface area (TPSA) is 48.0 Å². The minimum absolute atomic E-state index is 0.160. The Labute approximate surface area is 159 Å². The summed E-state index contributed by atoms with van der Waals surface area (Å²) in [6, 6.07) is 15.6. The van der Waals surface area contributed by atoms with Crippen molar-refractivity contribution in [3.8, 4) is 5.75 Å². The molecule has 1 amide bonds. The molecule has 0 bridgehead atoms. The van der Waals surface area contributed by atoms with Crippen molar-refractivity contribution in [3.63, 3.8) is 0 Å². The lowest BCUT2D eigenvalue weighted by molar-refractivity contribution is -0.256. The molecule has 1 saturated heterocycles. The van der Waals surface area contributed by atoms with E-state index in [1.54, 1.807) is 4.90 Å². The van der Waals surface area contributed by atoms with Crippen molar-refractivity contribution in [3.05, 3.63) is 59.7 Å². The number of rotatable bonds is 6. The van der Waals surface area contributed by atoms with Gasteiger partial charge in [-0.15, -0.1) is 0 Å². The van der Waals surface area contributed by atoms with Gasteiger partial charge in [-0.1, -0.05) is 49.7 Å². The summed E-state index contributed by atoms with van der Waals surface area (Å²) in [7, 11) is 0. The number of benzene rings is 2. The monoisotopic (exact) mass is 367 g/mol. The number of hydrogen-bond acceptors (Lipinski definition) is 4. The highest BCUT2D eigenvalue weighted by atomic mass is 16.7. The minimum atomic E-state index is -1.30. The summed E-state index contributed by atoms with van der Waals surface area (Å²) in [4.78, 5) is 15.1. The van der Waals surface area contributed by atoms with Crippen LogP contribution in [0, 0.1) is 0 Å². The van der Waals surface area contributed by atoms with Crippen LogP contribution in [0.3, 0.4) is 0 Å². The summed E-state index contributed by atoms with van der Waals surface area (Å²) in [5.74, 6) is -0.637. The Hall–Kier alpha value is -2.37. The summed E-state index contributed by atoms with van der Waals surface area (Å²) >= 11 is 0. The average Bonchev–Trinajstić information content (AvgIpc) is 2.93. The maximum atomic E-state index is 13.4. The zero-order valence-corrected chi connectivity index (χ0v) is 15.6. The summed E-state index contributed by atoms with van der Waals surface area (Å²) in [5.41, 5.74) is 2.61. The number of nitrogens with zero attached hydrogens (tertiary/aromatic N) is 1. The molecule has 2 heterocycles. The standard InChI is InChI=1S/C22H25NO4/c1-2-3-13-25-20-12-7-4-9-17(20)16-23-19-11-6-5-10-18(19)22(21(23)24)26-14-8-15-27-22/h4-7,9-12H,2-3,8,13-16H2,1H3. The van der Waals surface area contributed by atoms with Crippen molar-refractivity contribution in [2.24, 2.45) is 0 Å². The van der Waals surface area contributed by atoms with E-state index < -0.39 is 5.79 Å². The van der Waals surface area contributed by atoms with Crippen LogP contribution in [-0.2, 0) is 26.6 Å². The number of para-hydroxylation sites is 2. The van der Waals surface area contributed by atoms with Crippen molar-refractivity contribution in [1.29, 1.82) is 0 Å². The van der Waals surface area contributed by atoms with Gasteiger partial charge in [-0.05, 0) is 25.0 Å². The van der Waals surface area contributed by atoms with E-state index in [0.717, 1.165) is 41.8 Å². The third-order valence-corrected chi connectivity index (χ3v) is 5.03. The van der Waals surface area contributed by atoms with Crippen molar-refractivity contribution >= 4 is 11.6 Å². The Morgan fingerprint density at radius 1 is 1.07 bits per heavy atom. The Morgan fingerprint density at radius 2 is 1.81 bits per heavy atom. The number of carbonyl (C=O) groups is 1. The van der Waals surface area contributed by atoms with Crippen LogP contribution in [0.25, 0.3) is 0 Å². The summed E-state index contributed by atoms with van der Waals surface area (Å²) in [6.45, 7) is 4.27. The predicted octanol–water partition coefficient (Wildman–Crippen LogP) is 4.00. The van der Waals surface area contributed by atoms with Crippen LogP contribution < -0.4 is 9.64 Å². The third-order valence-electron chi connectivity index (χ3n) is 5.03. The van der Waals surface area contributed by atoms with Gasteiger partial charge in [0.15, 0.2) is 0 Å². The van der Waals surface area contributed by atoms with Crippen LogP contribution >= 0.6 is 0 Å². The molecule has 27 heavy (non-hydrogen) atoms. The fraction of sp³-hybridized carbons (Fsp3) is 0.409. The van der Waals surface area contributed by atoms with Gasteiger partial charge in [-0.2, -0.15) is 0 Å². The molecule has 142 valence electrons. The molecule has 5 nitrogen and oxygen atoms in total.